The number of H-pyrrole nitrogens is 2. The zero-order valence-electron chi connectivity index (χ0n) is 8.98. The number of nitrogens with one attached hydrogen (secondary N) is 3. The van der Waals surface area contributed by atoms with Gasteiger partial charge < -0.3 is 0 Å². The molecular weight excluding hydrogens is 302 g/mol. The van der Waals surface area contributed by atoms with E-state index in [0.717, 1.165) is 10.0 Å². The lowest BCUT2D eigenvalue weighted by Crippen LogP contribution is -2.25. The third kappa shape index (κ3) is 3.14. The van der Waals surface area contributed by atoms with Crippen molar-refractivity contribution in [2.24, 2.45) is 5.10 Å². The third-order valence-electron chi connectivity index (χ3n) is 1.97. The molecule has 0 amide bonds. The summed E-state index contributed by atoms with van der Waals surface area (Å²) in [6.45, 7) is 0. The Balaban J connectivity index is 2.09. The molecule has 0 spiro atoms. The number of hydrazone groups is 1. The van der Waals surface area contributed by atoms with E-state index in [9.17, 15) is 9.59 Å². The quantitative estimate of drug-likeness (QED) is 0.572. The van der Waals surface area contributed by atoms with E-state index in [2.05, 4.69) is 36.7 Å². The molecular formula is C10H8BrN5O2. The van der Waals surface area contributed by atoms with Crippen LogP contribution >= 0.6 is 15.9 Å². The molecule has 2 aromatic rings. The van der Waals surface area contributed by atoms with Crippen molar-refractivity contribution in [2.75, 3.05) is 5.43 Å². The average Bonchev–Trinajstić information content (AvgIpc) is 2.34. The first-order chi connectivity index (χ1) is 8.65. The molecule has 92 valence electrons. The monoisotopic (exact) mass is 309 g/mol. The number of benzene rings is 1. The van der Waals surface area contributed by atoms with Crippen LogP contribution in [0, 0.1) is 0 Å². The van der Waals surface area contributed by atoms with E-state index in [-0.39, 0.29) is 5.82 Å². The minimum Gasteiger partial charge on any atom is -0.270 e. The van der Waals surface area contributed by atoms with Crippen molar-refractivity contribution in [1.29, 1.82) is 0 Å². The van der Waals surface area contributed by atoms with E-state index in [0.29, 0.717) is 0 Å². The maximum absolute atomic E-state index is 11.2. The van der Waals surface area contributed by atoms with Crippen LogP contribution < -0.4 is 16.7 Å². The molecule has 0 fully saturated rings. The van der Waals surface area contributed by atoms with E-state index >= 15 is 0 Å². The van der Waals surface area contributed by atoms with Gasteiger partial charge in [-0.2, -0.15) is 5.10 Å². The second kappa shape index (κ2) is 5.41. The lowest BCUT2D eigenvalue weighted by atomic mass is 10.2. The van der Waals surface area contributed by atoms with E-state index in [1.807, 2.05) is 29.2 Å². The molecule has 0 radical (unpaired) electrons. The van der Waals surface area contributed by atoms with Crippen LogP contribution in [-0.2, 0) is 0 Å². The highest BCUT2D eigenvalue weighted by molar-refractivity contribution is 9.10. The van der Waals surface area contributed by atoms with E-state index in [1.165, 1.54) is 6.21 Å². The smallest absolute Gasteiger partial charge is 0.270 e. The van der Waals surface area contributed by atoms with Gasteiger partial charge in [-0.15, -0.1) is 5.10 Å². The van der Waals surface area contributed by atoms with Crippen LogP contribution in [0.4, 0.5) is 5.82 Å². The minimum absolute atomic E-state index is 0.0806. The van der Waals surface area contributed by atoms with Crippen molar-refractivity contribution < 1.29 is 0 Å². The van der Waals surface area contributed by atoms with Crippen molar-refractivity contribution >= 4 is 28.0 Å². The van der Waals surface area contributed by atoms with Gasteiger partial charge in [-0.25, -0.2) is 9.89 Å². The molecule has 1 aromatic heterocycles. The molecule has 0 aliphatic carbocycles. The van der Waals surface area contributed by atoms with Crippen LogP contribution in [0.1, 0.15) is 5.56 Å². The highest BCUT2D eigenvalue weighted by atomic mass is 79.9. The topological polar surface area (TPSA) is 103 Å². The average molecular weight is 310 g/mol. The Morgan fingerprint density at radius 3 is 2.67 bits per heavy atom. The lowest BCUT2D eigenvalue weighted by Gasteiger charge is -1.96. The van der Waals surface area contributed by atoms with E-state index in [4.69, 9.17) is 0 Å². The number of nitrogens with zero attached hydrogens (tertiary/aromatic N) is 2. The fraction of sp³-hybridized carbons (Fsp3) is 0. The van der Waals surface area contributed by atoms with Crippen molar-refractivity contribution in [3.8, 4) is 0 Å². The molecule has 18 heavy (non-hydrogen) atoms. The van der Waals surface area contributed by atoms with Gasteiger partial charge in [0.2, 0.25) is 5.82 Å². The summed E-state index contributed by atoms with van der Waals surface area (Å²) >= 11 is 3.32. The van der Waals surface area contributed by atoms with Crippen LogP contribution in [0.15, 0.2) is 43.4 Å². The molecule has 0 unspecified atom stereocenters. The van der Waals surface area contributed by atoms with Crippen molar-refractivity contribution in [3.05, 3.63) is 55.1 Å². The fourth-order valence-electron chi connectivity index (χ4n) is 1.14. The summed E-state index contributed by atoms with van der Waals surface area (Å²) in [6.07, 6.45) is 1.53. The molecule has 3 N–H and O–H groups in total. The Morgan fingerprint density at radius 1 is 1.28 bits per heavy atom. The van der Waals surface area contributed by atoms with Gasteiger partial charge in [0.1, 0.15) is 0 Å². The van der Waals surface area contributed by atoms with Crippen LogP contribution in [0.25, 0.3) is 0 Å². The van der Waals surface area contributed by atoms with Gasteiger partial charge in [0.25, 0.3) is 5.56 Å². The molecule has 7 nitrogen and oxygen atoms in total. The zero-order chi connectivity index (χ0) is 13.0. The van der Waals surface area contributed by atoms with E-state index < -0.39 is 11.2 Å². The minimum atomic E-state index is -0.664. The Labute approximate surface area is 109 Å². The molecule has 0 bridgehead atoms. The van der Waals surface area contributed by atoms with Crippen molar-refractivity contribution in [3.63, 3.8) is 0 Å². The standard InChI is InChI=1S/C10H8BrN5O2/c11-7-3-1-6(2-4-7)5-12-14-8-9(17)13-10(18)16-15-8/h1-5H,(H,14,15)(H2,13,16,17,18)/b12-5+. The summed E-state index contributed by atoms with van der Waals surface area (Å²) in [5.74, 6) is -0.0806. The Morgan fingerprint density at radius 2 is 2.00 bits per heavy atom. The van der Waals surface area contributed by atoms with Crippen molar-refractivity contribution in [1.82, 2.24) is 15.2 Å². The second-order valence-corrected chi connectivity index (χ2v) is 4.19. The van der Waals surface area contributed by atoms with Gasteiger partial charge in [0, 0.05) is 4.47 Å². The SMILES string of the molecule is O=c1[nH]nc(N/N=C/c2ccc(Br)cc2)c(=O)[nH]1. The third-order valence-corrected chi connectivity index (χ3v) is 2.49. The Hall–Kier alpha value is -2.22. The Kier molecular flexibility index (Phi) is 3.68. The first-order valence-electron chi connectivity index (χ1n) is 4.89. The number of halogens is 1. The first-order valence-corrected chi connectivity index (χ1v) is 5.68. The predicted molar refractivity (Wildman–Crippen MR) is 70.8 cm³/mol. The predicted octanol–water partition coefficient (Wildman–Crippen LogP) is 0.667. The number of aromatic nitrogens is 3. The summed E-state index contributed by atoms with van der Waals surface area (Å²) in [5.41, 5.74) is 1.99. The molecule has 1 heterocycles. The van der Waals surface area contributed by atoms with Gasteiger partial charge in [-0.1, -0.05) is 28.1 Å². The van der Waals surface area contributed by atoms with Gasteiger partial charge >= 0.3 is 5.69 Å². The van der Waals surface area contributed by atoms with Crippen LogP contribution in [0.3, 0.4) is 0 Å². The maximum atomic E-state index is 11.2. The number of rotatable bonds is 3. The molecule has 1 aromatic carbocycles. The summed E-state index contributed by atoms with van der Waals surface area (Å²) in [4.78, 5) is 24.0. The Bertz CT molecular complexity index is 674. The second-order valence-electron chi connectivity index (χ2n) is 3.28. The van der Waals surface area contributed by atoms with Crippen molar-refractivity contribution in [2.45, 2.75) is 0 Å². The first kappa shape index (κ1) is 12.2. The van der Waals surface area contributed by atoms with Gasteiger partial charge in [-0.05, 0) is 17.7 Å². The molecule has 2 rings (SSSR count). The summed E-state index contributed by atoms with van der Waals surface area (Å²) < 4.78 is 0.964. The maximum Gasteiger partial charge on any atom is 0.342 e. The fourth-order valence-corrected chi connectivity index (χ4v) is 1.40. The summed E-state index contributed by atoms with van der Waals surface area (Å²) in [5, 5.41) is 9.44. The molecule has 0 saturated carbocycles. The van der Waals surface area contributed by atoms with Gasteiger partial charge in [0.15, 0.2) is 0 Å². The highest BCUT2D eigenvalue weighted by Crippen LogP contribution is 2.08. The van der Waals surface area contributed by atoms with Gasteiger partial charge in [-0.3, -0.25) is 15.2 Å². The summed E-state index contributed by atoms with van der Waals surface area (Å²) in [6, 6.07) is 7.43. The number of hydrogen-bond donors (Lipinski definition) is 3. The number of aromatic amines is 2. The molecule has 0 atom stereocenters. The molecule has 0 aliphatic rings. The summed E-state index contributed by atoms with van der Waals surface area (Å²) in [7, 11) is 0. The van der Waals surface area contributed by atoms with Crippen LogP contribution in [-0.4, -0.2) is 21.4 Å². The normalized spacial score (nSPS) is 10.7. The number of anilines is 1. The highest BCUT2D eigenvalue weighted by Gasteiger charge is 1.98. The molecule has 0 aliphatic heterocycles. The largest absolute Gasteiger partial charge is 0.342 e. The van der Waals surface area contributed by atoms with E-state index in [1.54, 1.807) is 0 Å². The lowest BCUT2D eigenvalue weighted by molar-refractivity contribution is 0.890. The number of hydrogen-bond acceptors (Lipinski definition) is 5. The zero-order valence-corrected chi connectivity index (χ0v) is 10.6. The van der Waals surface area contributed by atoms with Gasteiger partial charge in [0.05, 0.1) is 6.21 Å². The van der Waals surface area contributed by atoms with Crippen LogP contribution in [0.5, 0.6) is 0 Å². The molecule has 8 heteroatoms. The molecule has 0 saturated heterocycles. The van der Waals surface area contributed by atoms with Crippen LogP contribution in [0.2, 0.25) is 0 Å².